The third-order valence-corrected chi connectivity index (χ3v) is 9.28. The van der Waals surface area contributed by atoms with Gasteiger partial charge in [-0.15, -0.1) is 0 Å². The average Bonchev–Trinajstić information content (AvgIpc) is 3.80. The molecule has 0 unspecified atom stereocenters. The molecule has 0 spiro atoms. The number of hydrogen-bond acceptors (Lipinski definition) is 6. The van der Waals surface area contributed by atoms with E-state index in [2.05, 4.69) is 5.32 Å². The van der Waals surface area contributed by atoms with Crippen LogP contribution in [0.4, 0.5) is 13.2 Å². The molecule has 2 atom stereocenters. The first-order chi connectivity index (χ1) is 22.7. The molecule has 1 aliphatic carbocycles. The highest BCUT2D eigenvalue weighted by Crippen LogP contribution is 2.39. The van der Waals surface area contributed by atoms with Gasteiger partial charge in [0.2, 0.25) is 18.5 Å². The van der Waals surface area contributed by atoms with Crippen LogP contribution in [-0.2, 0) is 22.6 Å². The molecule has 1 saturated heterocycles. The predicted octanol–water partition coefficient (Wildman–Crippen LogP) is 5.38. The van der Waals surface area contributed by atoms with Crippen molar-refractivity contribution in [2.45, 2.75) is 63.7 Å². The molecule has 3 aromatic carbocycles. The summed E-state index contributed by atoms with van der Waals surface area (Å²) < 4.78 is 57.6. The van der Waals surface area contributed by atoms with Crippen LogP contribution in [-0.4, -0.2) is 66.2 Å². The summed E-state index contributed by atoms with van der Waals surface area (Å²) in [5.74, 6) is -2.80. The number of ether oxygens (including phenoxy) is 3. The number of carbonyl (C=O) groups is 2. The van der Waals surface area contributed by atoms with E-state index in [1.807, 2.05) is 52.3 Å². The quantitative estimate of drug-likeness (QED) is 0.235. The van der Waals surface area contributed by atoms with Crippen molar-refractivity contribution in [1.29, 1.82) is 0 Å². The summed E-state index contributed by atoms with van der Waals surface area (Å²) in [5, 5.41) is 3.62. The van der Waals surface area contributed by atoms with Crippen LogP contribution in [0.25, 0.3) is 5.57 Å². The molecule has 11 heteroatoms. The summed E-state index contributed by atoms with van der Waals surface area (Å²) in [7, 11) is 0. The lowest BCUT2D eigenvalue weighted by molar-refractivity contribution is -0.132. The molecule has 1 N–H and O–H groups in total. The number of amides is 2. The van der Waals surface area contributed by atoms with Gasteiger partial charge in [0.1, 0.15) is 0 Å². The van der Waals surface area contributed by atoms with Crippen LogP contribution in [0.3, 0.4) is 0 Å². The lowest BCUT2D eigenvalue weighted by atomic mass is 9.82. The van der Waals surface area contributed by atoms with Crippen LogP contribution in [0.5, 0.6) is 17.2 Å². The Balaban J connectivity index is 1.11. The molecule has 7 rings (SSSR count). The molecule has 246 valence electrons. The van der Waals surface area contributed by atoms with Gasteiger partial charge in [-0.25, -0.2) is 8.78 Å². The number of benzene rings is 3. The molecular formula is C36H36F3N3O5. The van der Waals surface area contributed by atoms with Gasteiger partial charge in [-0.3, -0.25) is 9.59 Å². The number of halogens is 3. The Morgan fingerprint density at radius 2 is 1.70 bits per heavy atom. The number of piperazine rings is 1. The first kappa shape index (κ1) is 31.1. The Bertz CT molecular complexity index is 1730. The zero-order chi connectivity index (χ0) is 32.7. The number of fused-ring (bicyclic) bond motifs is 3. The highest BCUT2D eigenvalue weighted by Gasteiger charge is 2.43. The fourth-order valence-electron chi connectivity index (χ4n) is 6.73. The number of carbonyl (C=O) groups excluding carboxylic acids is 2. The maximum atomic E-state index is 14.6. The van der Waals surface area contributed by atoms with Crippen molar-refractivity contribution < 1.29 is 37.0 Å². The number of hydrogen-bond donors (Lipinski definition) is 1. The zero-order valence-corrected chi connectivity index (χ0v) is 26.1. The maximum Gasteiger partial charge on any atom is 0.252 e. The molecule has 3 aromatic rings. The van der Waals surface area contributed by atoms with E-state index in [0.29, 0.717) is 56.0 Å². The van der Waals surface area contributed by atoms with Gasteiger partial charge in [0, 0.05) is 44.2 Å². The van der Waals surface area contributed by atoms with E-state index in [1.165, 1.54) is 0 Å². The molecule has 3 heterocycles. The summed E-state index contributed by atoms with van der Waals surface area (Å²) in [6, 6.07) is 15.2. The average molecular weight is 648 g/mol. The fourth-order valence-corrected chi connectivity index (χ4v) is 6.73. The minimum Gasteiger partial charge on any atom is -0.488 e. The van der Waals surface area contributed by atoms with Crippen molar-refractivity contribution in [2.24, 2.45) is 0 Å². The van der Waals surface area contributed by atoms with E-state index in [-0.39, 0.29) is 43.3 Å². The first-order valence-corrected chi connectivity index (χ1v) is 16.0. The second-order valence-corrected chi connectivity index (χ2v) is 12.6. The SMILES string of the molecule is CC(=O)N1C[C@H]2CC(c3ccc(CCCOc4c(F)ccc(F)c4F)cc3)=C(C(=O)N(Cc3ccc4c(c3)OCO4)C3CC3)[C@@H](C1)N2. The van der Waals surface area contributed by atoms with Gasteiger partial charge in [0.25, 0.3) is 5.91 Å². The van der Waals surface area contributed by atoms with Crippen molar-refractivity contribution in [3.8, 4) is 17.2 Å². The third-order valence-electron chi connectivity index (χ3n) is 9.28. The van der Waals surface area contributed by atoms with Gasteiger partial charge >= 0.3 is 0 Å². The largest absolute Gasteiger partial charge is 0.488 e. The molecule has 0 radical (unpaired) electrons. The van der Waals surface area contributed by atoms with Crippen LogP contribution < -0.4 is 19.5 Å². The number of nitrogens with one attached hydrogen (secondary N) is 1. The van der Waals surface area contributed by atoms with E-state index in [1.54, 1.807) is 6.92 Å². The van der Waals surface area contributed by atoms with Crippen LogP contribution in [0.15, 0.2) is 60.2 Å². The summed E-state index contributed by atoms with van der Waals surface area (Å²) >= 11 is 0. The molecule has 0 aromatic heterocycles. The number of rotatable bonds is 10. The Hall–Kier alpha value is -4.51. The fraction of sp³-hybridized carbons (Fsp3) is 0.389. The van der Waals surface area contributed by atoms with Gasteiger partial charge in [0.15, 0.2) is 28.9 Å². The molecule has 2 amide bonds. The number of nitrogens with zero attached hydrogens (tertiary/aromatic N) is 2. The normalized spacial score (nSPS) is 20.0. The molecule has 47 heavy (non-hydrogen) atoms. The maximum absolute atomic E-state index is 14.6. The molecular weight excluding hydrogens is 611 g/mol. The van der Waals surface area contributed by atoms with Gasteiger partial charge in [-0.2, -0.15) is 4.39 Å². The summed E-state index contributed by atoms with van der Waals surface area (Å²) in [5.41, 5.74) is 4.58. The van der Waals surface area contributed by atoms with Crippen molar-refractivity contribution in [1.82, 2.24) is 15.1 Å². The van der Waals surface area contributed by atoms with Crippen molar-refractivity contribution >= 4 is 17.4 Å². The standard InChI is InChI=1S/C36H36F3N3O5/c1-21(43)41-18-25-16-27(24-7-4-22(5-8-24)3-2-14-45-35-29(38)12-11-28(37)34(35)39)33(30(19-41)40-25)36(44)42(26-9-10-26)17-23-6-13-31-32(15-23)47-20-46-31/h4-8,11-13,15,25-26,30,40H,2-3,9-10,14,16-20H2,1H3/t25-,30-/m1/s1. The molecule has 2 fully saturated rings. The first-order valence-electron chi connectivity index (χ1n) is 16.0. The second-order valence-electron chi connectivity index (χ2n) is 12.6. The third kappa shape index (κ3) is 6.54. The van der Waals surface area contributed by atoms with Crippen LogP contribution in [0.1, 0.15) is 49.3 Å². The van der Waals surface area contributed by atoms with E-state index in [4.69, 9.17) is 14.2 Å². The minimum absolute atomic E-state index is 0.00707. The smallest absolute Gasteiger partial charge is 0.252 e. The molecule has 8 nitrogen and oxygen atoms in total. The zero-order valence-electron chi connectivity index (χ0n) is 26.1. The Morgan fingerprint density at radius 1 is 0.957 bits per heavy atom. The van der Waals surface area contributed by atoms with Crippen LogP contribution in [0.2, 0.25) is 0 Å². The molecule has 4 aliphatic rings. The Morgan fingerprint density at radius 3 is 2.47 bits per heavy atom. The lowest BCUT2D eigenvalue weighted by Gasteiger charge is -2.44. The van der Waals surface area contributed by atoms with Gasteiger partial charge in [-0.05, 0) is 78.6 Å². The second kappa shape index (κ2) is 12.9. The molecule has 2 bridgehead atoms. The monoisotopic (exact) mass is 647 g/mol. The van der Waals surface area contributed by atoms with E-state index in [9.17, 15) is 22.8 Å². The summed E-state index contributed by atoms with van der Waals surface area (Å²) in [6.07, 6.45) is 3.52. The van der Waals surface area contributed by atoms with Gasteiger partial charge < -0.3 is 29.3 Å². The van der Waals surface area contributed by atoms with Crippen LogP contribution in [0, 0.1) is 17.5 Å². The van der Waals surface area contributed by atoms with Gasteiger partial charge in [-0.1, -0.05) is 30.3 Å². The summed E-state index contributed by atoms with van der Waals surface area (Å²) in [6.45, 7) is 3.20. The molecule has 1 saturated carbocycles. The Labute approximate surface area is 271 Å². The lowest BCUT2D eigenvalue weighted by Crippen LogP contribution is -2.61. The van der Waals surface area contributed by atoms with Crippen LogP contribution >= 0.6 is 0 Å². The van der Waals surface area contributed by atoms with Crippen molar-refractivity contribution in [3.63, 3.8) is 0 Å². The molecule has 3 aliphatic heterocycles. The topological polar surface area (TPSA) is 80.3 Å². The highest BCUT2D eigenvalue weighted by molar-refractivity contribution is 6.03. The van der Waals surface area contributed by atoms with Crippen molar-refractivity contribution in [2.75, 3.05) is 26.5 Å². The Kier molecular flexibility index (Phi) is 8.57. The number of aryl methyl sites for hydroxylation is 1. The summed E-state index contributed by atoms with van der Waals surface area (Å²) in [4.78, 5) is 30.8. The minimum atomic E-state index is -1.33. The predicted molar refractivity (Wildman–Crippen MR) is 167 cm³/mol. The van der Waals surface area contributed by atoms with Crippen molar-refractivity contribution in [3.05, 3.63) is 94.3 Å². The van der Waals surface area contributed by atoms with E-state index in [0.717, 1.165) is 47.2 Å². The van der Waals surface area contributed by atoms with E-state index >= 15 is 0 Å². The highest BCUT2D eigenvalue weighted by atomic mass is 19.2. The van der Waals surface area contributed by atoms with Gasteiger partial charge in [0.05, 0.1) is 12.6 Å². The van der Waals surface area contributed by atoms with E-state index < -0.39 is 23.2 Å².